The summed E-state index contributed by atoms with van der Waals surface area (Å²) in [6.45, 7) is 0. The van der Waals surface area contributed by atoms with E-state index in [0.29, 0.717) is 11.4 Å². The van der Waals surface area contributed by atoms with Crippen LogP contribution in [0.1, 0.15) is 5.56 Å². The molecule has 86 valence electrons. The summed E-state index contributed by atoms with van der Waals surface area (Å²) in [5, 5.41) is 23.0. The minimum absolute atomic E-state index is 0.481. The zero-order valence-corrected chi connectivity index (χ0v) is 10.1. The lowest BCUT2D eigenvalue weighted by Gasteiger charge is -2.05. The van der Waals surface area contributed by atoms with Crippen LogP contribution >= 0.6 is 11.3 Å². The third-order valence-corrected chi connectivity index (χ3v) is 3.45. The van der Waals surface area contributed by atoms with Crippen LogP contribution in [0.5, 0.6) is 0 Å². The maximum atomic E-state index is 8.98. The van der Waals surface area contributed by atoms with Crippen LogP contribution in [0.2, 0.25) is 0 Å². The molecule has 0 atom stereocenters. The zero-order valence-electron chi connectivity index (χ0n) is 9.29. The van der Waals surface area contributed by atoms with Crippen LogP contribution in [-0.2, 0) is 0 Å². The van der Waals surface area contributed by atoms with E-state index in [4.69, 9.17) is 5.26 Å². The standard InChI is InChI=1S/C13H8N4S/c14-8-10-3-5-15-17-13(10)16-11-1-2-12-9(7-11)4-6-18-12/h1-7H,(H,16,17). The molecule has 0 saturated carbocycles. The maximum Gasteiger partial charge on any atom is 0.171 e. The van der Waals surface area contributed by atoms with Crippen LogP contribution in [0.15, 0.2) is 41.9 Å². The van der Waals surface area contributed by atoms with Gasteiger partial charge >= 0.3 is 0 Å². The van der Waals surface area contributed by atoms with Gasteiger partial charge in [-0.3, -0.25) is 0 Å². The average Bonchev–Trinajstić information content (AvgIpc) is 2.87. The van der Waals surface area contributed by atoms with Gasteiger partial charge in [-0.1, -0.05) is 0 Å². The van der Waals surface area contributed by atoms with E-state index in [9.17, 15) is 0 Å². The number of anilines is 2. The van der Waals surface area contributed by atoms with Gasteiger partial charge in [-0.2, -0.15) is 10.4 Å². The van der Waals surface area contributed by atoms with Gasteiger partial charge in [0.2, 0.25) is 0 Å². The van der Waals surface area contributed by atoms with Crippen LogP contribution < -0.4 is 5.32 Å². The van der Waals surface area contributed by atoms with Gasteiger partial charge in [0, 0.05) is 10.4 Å². The van der Waals surface area contributed by atoms with Gasteiger partial charge in [0.1, 0.15) is 6.07 Å². The van der Waals surface area contributed by atoms with E-state index in [-0.39, 0.29) is 0 Å². The van der Waals surface area contributed by atoms with Crippen molar-refractivity contribution in [2.75, 3.05) is 5.32 Å². The lowest BCUT2D eigenvalue weighted by atomic mass is 10.2. The van der Waals surface area contributed by atoms with Crippen LogP contribution in [0, 0.1) is 11.3 Å². The van der Waals surface area contributed by atoms with Gasteiger partial charge in [-0.05, 0) is 41.1 Å². The van der Waals surface area contributed by atoms with E-state index in [1.165, 1.54) is 16.3 Å². The molecule has 0 aliphatic carbocycles. The highest BCUT2D eigenvalue weighted by Crippen LogP contribution is 2.25. The fourth-order valence-corrected chi connectivity index (χ4v) is 2.47. The Bertz CT molecular complexity index is 742. The number of hydrogen-bond acceptors (Lipinski definition) is 5. The normalized spacial score (nSPS) is 10.2. The Balaban J connectivity index is 1.98. The second kappa shape index (κ2) is 4.43. The van der Waals surface area contributed by atoms with E-state index in [1.54, 1.807) is 17.4 Å². The lowest BCUT2D eigenvalue weighted by Crippen LogP contribution is -1.97. The number of aromatic nitrogens is 2. The molecule has 0 fully saturated rings. The molecule has 0 aliphatic rings. The minimum Gasteiger partial charge on any atom is -0.338 e. The van der Waals surface area contributed by atoms with Gasteiger partial charge in [-0.15, -0.1) is 16.4 Å². The Morgan fingerprint density at radius 2 is 2.17 bits per heavy atom. The van der Waals surface area contributed by atoms with E-state index in [2.05, 4.69) is 33.0 Å². The Morgan fingerprint density at radius 1 is 1.22 bits per heavy atom. The monoisotopic (exact) mass is 252 g/mol. The molecule has 2 aromatic heterocycles. The van der Waals surface area contributed by atoms with Crippen molar-refractivity contribution in [3.63, 3.8) is 0 Å². The topological polar surface area (TPSA) is 61.6 Å². The van der Waals surface area contributed by atoms with Crippen LogP contribution in [-0.4, -0.2) is 10.2 Å². The van der Waals surface area contributed by atoms with Gasteiger partial charge in [0.25, 0.3) is 0 Å². The molecule has 3 aromatic rings. The minimum atomic E-state index is 0.481. The molecule has 0 saturated heterocycles. The molecule has 0 amide bonds. The Kier molecular flexibility index (Phi) is 2.63. The summed E-state index contributed by atoms with van der Waals surface area (Å²) in [5.41, 5.74) is 1.38. The number of nitrogens with zero attached hydrogens (tertiary/aromatic N) is 3. The third kappa shape index (κ3) is 1.90. The number of hydrogen-bond donors (Lipinski definition) is 1. The Hall–Kier alpha value is -2.45. The second-order valence-corrected chi connectivity index (χ2v) is 4.65. The van der Waals surface area contributed by atoms with Crippen molar-refractivity contribution in [3.05, 3.63) is 47.5 Å². The molecule has 4 nitrogen and oxygen atoms in total. The summed E-state index contributed by atoms with van der Waals surface area (Å²) in [6.07, 6.45) is 1.51. The third-order valence-electron chi connectivity index (χ3n) is 2.56. The molecule has 1 N–H and O–H groups in total. The van der Waals surface area contributed by atoms with Gasteiger partial charge in [0.15, 0.2) is 5.82 Å². The molecule has 2 heterocycles. The van der Waals surface area contributed by atoms with Crippen LogP contribution in [0.3, 0.4) is 0 Å². The van der Waals surface area contributed by atoms with Crippen molar-refractivity contribution < 1.29 is 0 Å². The predicted octanol–water partition coefficient (Wildman–Crippen LogP) is 3.31. The van der Waals surface area contributed by atoms with Crippen molar-refractivity contribution in [1.82, 2.24) is 10.2 Å². The number of benzene rings is 1. The first-order valence-corrected chi connectivity index (χ1v) is 6.21. The largest absolute Gasteiger partial charge is 0.338 e. The quantitative estimate of drug-likeness (QED) is 0.760. The second-order valence-electron chi connectivity index (χ2n) is 3.70. The Morgan fingerprint density at radius 3 is 3.06 bits per heavy atom. The first-order chi connectivity index (χ1) is 8.86. The van der Waals surface area contributed by atoms with Crippen LogP contribution in [0.25, 0.3) is 10.1 Å². The van der Waals surface area contributed by atoms with Crippen molar-refractivity contribution in [2.24, 2.45) is 0 Å². The van der Waals surface area contributed by atoms with Crippen LogP contribution in [0.4, 0.5) is 11.5 Å². The molecule has 0 unspecified atom stereocenters. The maximum absolute atomic E-state index is 8.98. The van der Waals surface area contributed by atoms with Crippen molar-refractivity contribution >= 4 is 32.9 Å². The van der Waals surface area contributed by atoms with Crippen molar-refractivity contribution in [2.45, 2.75) is 0 Å². The number of rotatable bonds is 2. The van der Waals surface area contributed by atoms with Crippen molar-refractivity contribution in [1.29, 1.82) is 5.26 Å². The number of thiophene rings is 1. The molecular weight excluding hydrogens is 244 g/mol. The summed E-state index contributed by atoms with van der Waals surface area (Å²) in [7, 11) is 0. The summed E-state index contributed by atoms with van der Waals surface area (Å²) in [4.78, 5) is 0. The molecule has 0 spiro atoms. The molecule has 0 bridgehead atoms. The number of nitriles is 1. The highest BCUT2D eigenvalue weighted by atomic mass is 32.1. The smallest absolute Gasteiger partial charge is 0.171 e. The zero-order chi connectivity index (χ0) is 12.4. The Labute approximate surface area is 108 Å². The number of nitrogens with one attached hydrogen (secondary N) is 1. The summed E-state index contributed by atoms with van der Waals surface area (Å²) in [5.74, 6) is 0.481. The fraction of sp³-hybridized carbons (Fsp3) is 0. The first-order valence-electron chi connectivity index (χ1n) is 5.33. The molecule has 0 radical (unpaired) electrons. The van der Waals surface area contributed by atoms with E-state index >= 15 is 0 Å². The number of fused-ring (bicyclic) bond motifs is 1. The summed E-state index contributed by atoms with van der Waals surface area (Å²) in [6, 6.07) is 11.8. The van der Waals surface area contributed by atoms with Crippen molar-refractivity contribution in [3.8, 4) is 6.07 Å². The summed E-state index contributed by atoms with van der Waals surface area (Å²) >= 11 is 1.70. The molecule has 1 aromatic carbocycles. The fourth-order valence-electron chi connectivity index (χ4n) is 1.70. The lowest BCUT2D eigenvalue weighted by molar-refractivity contribution is 1.03. The predicted molar refractivity (Wildman–Crippen MR) is 71.9 cm³/mol. The van der Waals surface area contributed by atoms with E-state index < -0.39 is 0 Å². The SMILES string of the molecule is N#Cc1ccnnc1Nc1ccc2sccc2c1. The molecule has 0 aliphatic heterocycles. The van der Waals surface area contributed by atoms with Gasteiger partial charge in [-0.25, -0.2) is 0 Å². The molecular formula is C13H8N4S. The van der Waals surface area contributed by atoms with E-state index in [0.717, 1.165) is 5.69 Å². The molecule has 5 heteroatoms. The molecule has 18 heavy (non-hydrogen) atoms. The highest BCUT2D eigenvalue weighted by Gasteiger charge is 2.04. The molecule has 3 rings (SSSR count). The summed E-state index contributed by atoms with van der Waals surface area (Å²) < 4.78 is 1.24. The van der Waals surface area contributed by atoms with E-state index in [1.807, 2.05) is 18.2 Å². The highest BCUT2D eigenvalue weighted by molar-refractivity contribution is 7.17. The van der Waals surface area contributed by atoms with Gasteiger partial charge in [0.05, 0.1) is 11.8 Å². The average molecular weight is 252 g/mol. The van der Waals surface area contributed by atoms with Gasteiger partial charge < -0.3 is 5.32 Å². The first kappa shape index (κ1) is 10.7.